The standard InChI is InChI=1S/C20H13F3N2O6/c21-20(22,23)14-3-1-2-4-15(14)24-18(26)11-30-19(27)17-10-9-16(31-17)12-5-7-13(8-6-12)25(28)29/h1-10H,11H2,(H,24,26). The summed E-state index contributed by atoms with van der Waals surface area (Å²) in [6.07, 6.45) is -4.66. The van der Waals surface area contributed by atoms with E-state index in [0.717, 1.165) is 12.1 Å². The lowest BCUT2D eigenvalue weighted by Gasteiger charge is -2.13. The highest BCUT2D eigenvalue weighted by molar-refractivity contribution is 5.95. The topological polar surface area (TPSA) is 112 Å². The van der Waals surface area contributed by atoms with Crippen LogP contribution in [0.4, 0.5) is 24.5 Å². The van der Waals surface area contributed by atoms with Gasteiger partial charge < -0.3 is 14.5 Å². The number of hydrogen-bond acceptors (Lipinski definition) is 6. The van der Waals surface area contributed by atoms with Crippen LogP contribution in [0.1, 0.15) is 16.1 Å². The van der Waals surface area contributed by atoms with Gasteiger partial charge in [-0.2, -0.15) is 13.2 Å². The van der Waals surface area contributed by atoms with Gasteiger partial charge in [0.15, 0.2) is 6.61 Å². The lowest BCUT2D eigenvalue weighted by molar-refractivity contribution is -0.384. The maximum atomic E-state index is 13.0. The molecule has 0 spiro atoms. The van der Waals surface area contributed by atoms with Crippen LogP contribution in [-0.4, -0.2) is 23.4 Å². The van der Waals surface area contributed by atoms with E-state index in [2.05, 4.69) is 0 Å². The van der Waals surface area contributed by atoms with E-state index in [1.807, 2.05) is 5.32 Å². The lowest BCUT2D eigenvalue weighted by atomic mass is 10.1. The van der Waals surface area contributed by atoms with Crippen LogP contribution in [0.15, 0.2) is 65.1 Å². The Morgan fingerprint density at radius 3 is 2.35 bits per heavy atom. The van der Waals surface area contributed by atoms with E-state index in [1.54, 1.807) is 0 Å². The van der Waals surface area contributed by atoms with Crippen LogP contribution in [0, 0.1) is 10.1 Å². The highest BCUT2D eigenvalue weighted by Crippen LogP contribution is 2.34. The van der Waals surface area contributed by atoms with Gasteiger partial charge in [0.1, 0.15) is 5.76 Å². The number of alkyl halides is 3. The number of para-hydroxylation sites is 1. The molecule has 0 aliphatic carbocycles. The van der Waals surface area contributed by atoms with Gasteiger partial charge >= 0.3 is 12.1 Å². The van der Waals surface area contributed by atoms with Crippen molar-refractivity contribution in [2.75, 3.05) is 11.9 Å². The predicted octanol–water partition coefficient (Wildman–Crippen LogP) is 4.67. The summed E-state index contributed by atoms with van der Waals surface area (Å²) in [5, 5.41) is 12.7. The Balaban J connectivity index is 1.60. The number of non-ortho nitro benzene ring substituents is 1. The van der Waals surface area contributed by atoms with Crippen molar-refractivity contribution < 1.29 is 36.8 Å². The number of benzene rings is 2. The van der Waals surface area contributed by atoms with Crippen molar-refractivity contribution >= 4 is 23.3 Å². The van der Waals surface area contributed by atoms with Gasteiger partial charge in [-0.05, 0) is 36.4 Å². The number of ether oxygens (including phenoxy) is 1. The Morgan fingerprint density at radius 2 is 1.71 bits per heavy atom. The second kappa shape index (κ2) is 8.69. The highest BCUT2D eigenvalue weighted by Gasteiger charge is 2.33. The summed E-state index contributed by atoms with van der Waals surface area (Å²) in [4.78, 5) is 34.1. The zero-order valence-electron chi connectivity index (χ0n) is 15.5. The molecule has 1 aromatic heterocycles. The molecule has 31 heavy (non-hydrogen) atoms. The van der Waals surface area contributed by atoms with Crippen LogP contribution in [-0.2, 0) is 15.7 Å². The molecular formula is C20H13F3N2O6. The number of amides is 1. The van der Waals surface area contributed by atoms with Crippen molar-refractivity contribution in [3.05, 3.63) is 82.1 Å². The normalized spacial score (nSPS) is 11.1. The van der Waals surface area contributed by atoms with E-state index in [4.69, 9.17) is 9.15 Å². The molecule has 160 valence electrons. The van der Waals surface area contributed by atoms with Crippen LogP contribution in [0.25, 0.3) is 11.3 Å². The maximum absolute atomic E-state index is 13.0. The van der Waals surface area contributed by atoms with Crippen molar-refractivity contribution in [1.82, 2.24) is 0 Å². The Kier molecular flexibility index (Phi) is 6.05. The Labute approximate surface area is 172 Å². The summed E-state index contributed by atoms with van der Waals surface area (Å²) < 4.78 is 49.0. The van der Waals surface area contributed by atoms with E-state index in [0.29, 0.717) is 5.56 Å². The summed E-state index contributed by atoms with van der Waals surface area (Å²) in [6.45, 7) is -0.835. The minimum absolute atomic E-state index is 0.118. The van der Waals surface area contributed by atoms with Crippen LogP contribution in [0.3, 0.4) is 0 Å². The fourth-order valence-corrected chi connectivity index (χ4v) is 2.58. The SMILES string of the molecule is O=C(COC(=O)c1ccc(-c2ccc([N+](=O)[O-])cc2)o1)Nc1ccccc1C(F)(F)F. The molecule has 0 atom stereocenters. The number of carbonyl (C=O) groups excluding carboxylic acids is 2. The van der Waals surface area contributed by atoms with Gasteiger partial charge in [0.05, 0.1) is 16.2 Å². The van der Waals surface area contributed by atoms with Gasteiger partial charge in [0.2, 0.25) is 5.76 Å². The van der Waals surface area contributed by atoms with Gasteiger partial charge in [0.25, 0.3) is 11.6 Å². The molecule has 0 saturated carbocycles. The zero-order valence-corrected chi connectivity index (χ0v) is 15.5. The van der Waals surface area contributed by atoms with E-state index >= 15 is 0 Å². The maximum Gasteiger partial charge on any atom is 0.418 e. The molecule has 3 aromatic rings. The minimum atomic E-state index is -4.66. The molecule has 0 aliphatic rings. The van der Waals surface area contributed by atoms with Crippen LogP contribution in [0.2, 0.25) is 0 Å². The quantitative estimate of drug-likeness (QED) is 0.343. The van der Waals surface area contributed by atoms with Crippen molar-refractivity contribution in [3.63, 3.8) is 0 Å². The molecule has 1 N–H and O–H groups in total. The Hall–Kier alpha value is -4.15. The number of nitro benzene ring substituents is 1. The fourth-order valence-electron chi connectivity index (χ4n) is 2.58. The number of furan rings is 1. The number of carbonyl (C=O) groups is 2. The van der Waals surface area contributed by atoms with Crippen molar-refractivity contribution in [3.8, 4) is 11.3 Å². The third kappa shape index (κ3) is 5.26. The molecule has 0 bridgehead atoms. The highest BCUT2D eigenvalue weighted by atomic mass is 19.4. The van der Waals surface area contributed by atoms with Gasteiger partial charge in [-0.25, -0.2) is 4.79 Å². The third-order valence-corrected chi connectivity index (χ3v) is 4.01. The smallest absolute Gasteiger partial charge is 0.418 e. The zero-order chi connectivity index (χ0) is 22.6. The fraction of sp³-hybridized carbons (Fsp3) is 0.100. The van der Waals surface area contributed by atoms with Gasteiger partial charge in [-0.1, -0.05) is 12.1 Å². The molecule has 0 radical (unpaired) electrons. The van der Waals surface area contributed by atoms with Gasteiger partial charge in [0, 0.05) is 17.7 Å². The number of nitro groups is 1. The van der Waals surface area contributed by atoms with Crippen molar-refractivity contribution in [2.45, 2.75) is 6.18 Å². The summed E-state index contributed by atoms with van der Waals surface area (Å²) >= 11 is 0. The Bertz CT molecular complexity index is 1120. The lowest BCUT2D eigenvalue weighted by Crippen LogP contribution is -2.22. The number of rotatable bonds is 6. The van der Waals surface area contributed by atoms with Gasteiger partial charge in [-0.3, -0.25) is 14.9 Å². The van der Waals surface area contributed by atoms with Crippen LogP contribution in [0.5, 0.6) is 0 Å². The van der Waals surface area contributed by atoms with E-state index < -0.39 is 40.8 Å². The number of nitrogens with one attached hydrogen (secondary N) is 1. The molecule has 0 unspecified atom stereocenters. The first-order valence-corrected chi connectivity index (χ1v) is 8.63. The monoisotopic (exact) mass is 434 g/mol. The summed E-state index contributed by atoms with van der Waals surface area (Å²) in [5.74, 6) is -2.00. The average molecular weight is 434 g/mol. The van der Waals surface area contributed by atoms with Crippen LogP contribution < -0.4 is 5.32 Å². The molecule has 3 rings (SSSR count). The number of halogens is 3. The Morgan fingerprint density at radius 1 is 1.03 bits per heavy atom. The van der Waals surface area contributed by atoms with E-state index in [1.165, 1.54) is 48.5 Å². The summed E-state index contributed by atoms with van der Waals surface area (Å²) in [6, 6.07) is 12.5. The second-order valence-electron chi connectivity index (χ2n) is 6.14. The van der Waals surface area contributed by atoms with Gasteiger partial charge in [-0.15, -0.1) is 0 Å². The molecule has 8 nitrogen and oxygen atoms in total. The molecule has 0 fully saturated rings. The molecule has 0 saturated heterocycles. The summed E-state index contributed by atoms with van der Waals surface area (Å²) in [7, 11) is 0. The predicted molar refractivity (Wildman–Crippen MR) is 101 cm³/mol. The minimum Gasteiger partial charge on any atom is -0.450 e. The molecule has 0 aliphatic heterocycles. The third-order valence-electron chi connectivity index (χ3n) is 4.01. The second-order valence-corrected chi connectivity index (χ2v) is 6.14. The largest absolute Gasteiger partial charge is 0.450 e. The molecule has 11 heteroatoms. The van der Waals surface area contributed by atoms with Crippen LogP contribution >= 0.6 is 0 Å². The molecular weight excluding hydrogens is 421 g/mol. The van der Waals surface area contributed by atoms with Crippen molar-refractivity contribution in [1.29, 1.82) is 0 Å². The number of anilines is 1. The van der Waals surface area contributed by atoms with Crippen molar-refractivity contribution in [2.24, 2.45) is 0 Å². The first-order valence-electron chi connectivity index (χ1n) is 8.63. The molecule has 1 amide bonds. The first-order chi connectivity index (χ1) is 14.6. The van der Waals surface area contributed by atoms with E-state index in [9.17, 15) is 32.9 Å². The van der Waals surface area contributed by atoms with E-state index in [-0.39, 0.29) is 17.2 Å². The summed E-state index contributed by atoms with van der Waals surface area (Å²) in [5.41, 5.74) is -1.15. The molecule has 2 aromatic carbocycles. The molecule has 1 heterocycles. The average Bonchev–Trinajstić information content (AvgIpc) is 3.22. The number of nitrogens with zero attached hydrogens (tertiary/aromatic N) is 1. The number of hydrogen-bond donors (Lipinski definition) is 1. The first kappa shape index (κ1) is 21.6. The number of esters is 1.